The molecule has 5 heteroatoms. The Morgan fingerprint density at radius 1 is 1.14 bits per heavy atom. The number of benzene rings is 1. The van der Waals surface area contributed by atoms with Crippen molar-refractivity contribution in [1.82, 2.24) is 14.9 Å². The van der Waals surface area contributed by atoms with Crippen LogP contribution in [0.4, 0.5) is 0 Å². The summed E-state index contributed by atoms with van der Waals surface area (Å²) in [4.78, 5) is 0. The van der Waals surface area contributed by atoms with Crippen LogP contribution < -0.4 is 0 Å². The van der Waals surface area contributed by atoms with Gasteiger partial charge in [-0.1, -0.05) is 63.7 Å². The molecule has 1 aromatic heterocycles. The molecular formula is C17H22N4S. The van der Waals surface area contributed by atoms with Crippen molar-refractivity contribution in [2.45, 2.75) is 51.1 Å². The van der Waals surface area contributed by atoms with Crippen LogP contribution >= 0.6 is 11.8 Å². The van der Waals surface area contributed by atoms with E-state index in [9.17, 15) is 0 Å². The normalized spacial score (nSPS) is 15.6. The van der Waals surface area contributed by atoms with Crippen LogP contribution in [0.5, 0.6) is 0 Å². The van der Waals surface area contributed by atoms with Crippen molar-refractivity contribution in [3.05, 3.63) is 41.2 Å². The van der Waals surface area contributed by atoms with Gasteiger partial charge in [-0.05, 0) is 23.5 Å². The van der Waals surface area contributed by atoms with E-state index in [1.807, 2.05) is 4.68 Å². The average molecular weight is 314 g/mol. The van der Waals surface area contributed by atoms with Gasteiger partial charge in [0.05, 0.1) is 5.71 Å². The summed E-state index contributed by atoms with van der Waals surface area (Å²) in [6, 6.07) is 8.82. The predicted molar refractivity (Wildman–Crippen MR) is 91.9 cm³/mol. The van der Waals surface area contributed by atoms with Crippen molar-refractivity contribution >= 4 is 17.5 Å². The van der Waals surface area contributed by atoms with Gasteiger partial charge in [-0.2, -0.15) is 9.78 Å². The second-order valence-corrected chi connectivity index (χ2v) is 7.02. The van der Waals surface area contributed by atoms with Crippen LogP contribution in [0.15, 0.2) is 34.5 Å². The molecule has 0 radical (unpaired) electrons. The van der Waals surface area contributed by atoms with Crippen LogP contribution in [0.2, 0.25) is 0 Å². The molecular weight excluding hydrogens is 292 g/mol. The van der Waals surface area contributed by atoms with E-state index in [0.717, 1.165) is 28.9 Å². The molecule has 1 atom stereocenters. The molecule has 1 aliphatic rings. The predicted octanol–water partition coefficient (Wildman–Crippen LogP) is 4.27. The molecule has 0 bridgehead atoms. The molecule has 0 N–H and O–H groups in total. The number of hydrogen-bond acceptors (Lipinski definition) is 4. The van der Waals surface area contributed by atoms with Gasteiger partial charge in [0.25, 0.3) is 0 Å². The van der Waals surface area contributed by atoms with E-state index >= 15 is 0 Å². The Balaban J connectivity index is 1.92. The SMILES string of the molecule is CCC(C)c1ccc(C2=Nn3c(nnc3C(C)C)SC2)cc1. The van der Waals surface area contributed by atoms with Crippen molar-refractivity contribution in [3.63, 3.8) is 0 Å². The van der Waals surface area contributed by atoms with Gasteiger partial charge < -0.3 is 0 Å². The lowest BCUT2D eigenvalue weighted by molar-refractivity contribution is 0.662. The Kier molecular flexibility index (Phi) is 4.34. The molecule has 1 aromatic carbocycles. The fraction of sp³-hybridized carbons (Fsp3) is 0.471. The number of aromatic nitrogens is 3. The van der Waals surface area contributed by atoms with Gasteiger partial charge in [-0.25, -0.2) is 0 Å². The summed E-state index contributed by atoms with van der Waals surface area (Å²) in [6.07, 6.45) is 1.16. The van der Waals surface area contributed by atoms with E-state index < -0.39 is 0 Å². The van der Waals surface area contributed by atoms with Gasteiger partial charge in [-0.3, -0.25) is 0 Å². The molecule has 0 spiro atoms. The highest BCUT2D eigenvalue weighted by atomic mass is 32.2. The zero-order valence-electron chi connectivity index (χ0n) is 13.6. The van der Waals surface area contributed by atoms with E-state index in [0.29, 0.717) is 11.8 Å². The summed E-state index contributed by atoms with van der Waals surface area (Å²) in [7, 11) is 0. The summed E-state index contributed by atoms with van der Waals surface area (Å²) in [5, 5.41) is 14.2. The Bertz CT molecular complexity index is 685. The minimum absolute atomic E-state index is 0.317. The third-order valence-electron chi connectivity index (χ3n) is 4.14. The van der Waals surface area contributed by atoms with E-state index in [4.69, 9.17) is 5.10 Å². The summed E-state index contributed by atoms with van der Waals surface area (Å²) in [5.41, 5.74) is 3.67. The second-order valence-electron chi connectivity index (χ2n) is 6.07. The molecule has 0 saturated carbocycles. The van der Waals surface area contributed by atoms with Crippen LogP contribution in [0.1, 0.15) is 62.9 Å². The standard InChI is InChI=1S/C17H22N4S/c1-5-12(4)13-6-8-14(9-7-13)15-10-22-17-19-18-16(11(2)3)21(17)20-15/h6-9,11-12H,5,10H2,1-4H3. The number of fused-ring (bicyclic) bond motifs is 1. The minimum Gasteiger partial charge on any atom is -0.191 e. The third kappa shape index (κ3) is 2.82. The monoisotopic (exact) mass is 314 g/mol. The van der Waals surface area contributed by atoms with E-state index in [1.165, 1.54) is 11.1 Å². The summed E-state index contributed by atoms with van der Waals surface area (Å²) >= 11 is 1.70. The molecule has 0 amide bonds. The minimum atomic E-state index is 0.317. The van der Waals surface area contributed by atoms with Crippen molar-refractivity contribution in [2.24, 2.45) is 5.10 Å². The fourth-order valence-corrected chi connectivity index (χ4v) is 3.33. The summed E-state index contributed by atoms with van der Waals surface area (Å²) in [6.45, 7) is 8.72. The van der Waals surface area contributed by atoms with Gasteiger partial charge in [0.15, 0.2) is 5.82 Å². The maximum absolute atomic E-state index is 4.78. The van der Waals surface area contributed by atoms with Gasteiger partial charge in [0.1, 0.15) is 0 Å². The van der Waals surface area contributed by atoms with Crippen LogP contribution in [-0.2, 0) is 0 Å². The van der Waals surface area contributed by atoms with Crippen LogP contribution in [0.25, 0.3) is 0 Å². The van der Waals surface area contributed by atoms with Crippen molar-refractivity contribution in [2.75, 3.05) is 5.75 Å². The molecule has 0 fully saturated rings. The van der Waals surface area contributed by atoms with Crippen molar-refractivity contribution < 1.29 is 0 Å². The zero-order valence-corrected chi connectivity index (χ0v) is 14.4. The molecule has 2 aromatic rings. The Hall–Kier alpha value is -1.62. The van der Waals surface area contributed by atoms with E-state index in [1.54, 1.807) is 11.8 Å². The summed E-state index contributed by atoms with van der Waals surface area (Å²) in [5.74, 6) is 2.70. The summed E-state index contributed by atoms with van der Waals surface area (Å²) < 4.78 is 1.90. The van der Waals surface area contributed by atoms with Gasteiger partial charge in [-0.15, -0.1) is 10.2 Å². The molecule has 2 heterocycles. The molecule has 116 valence electrons. The molecule has 1 aliphatic heterocycles. The molecule has 22 heavy (non-hydrogen) atoms. The highest BCUT2D eigenvalue weighted by Crippen LogP contribution is 2.27. The average Bonchev–Trinajstić information content (AvgIpc) is 2.97. The number of thioether (sulfide) groups is 1. The van der Waals surface area contributed by atoms with Gasteiger partial charge in [0.2, 0.25) is 5.16 Å². The second kappa shape index (κ2) is 6.24. The quantitative estimate of drug-likeness (QED) is 0.846. The molecule has 3 rings (SSSR count). The van der Waals surface area contributed by atoms with Crippen molar-refractivity contribution in [1.29, 1.82) is 0 Å². The Morgan fingerprint density at radius 2 is 1.86 bits per heavy atom. The fourth-order valence-electron chi connectivity index (χ4n) is 2.48. The lowest BCUT2D eigenvalue weighted by atomic mass is 9.97. The first-order valence-electron chi connectivity index (χ1n) is 7.86. The zero-order chi connectivity index (χ0) is 15.7. The number of nitrogens with zero attached hydrogens (tertiary/aromatic N) is 4. The largest absolute Gasteiger partial charge is 0.212 e. The molecule has 4 nitrogen and oxygen atoms in total. The van der Waals surface area contributed by atoms with Crippen LogP contribution in [0.3, 0.4) is 0 Å². The Labute approximate surface area is 136 Å². The van der Waals surface area contributed by atoms with E-state index in [2.05, 4.69) is 62.2 Å². The molecule has 1 unspecified atom stereocenters. The highest BCUT2D eigenvalue weighted by molar-refractivity contribution is 7.99. The first-order chi connectivity index (χ1) is 10.6. The van der Waals surface area contributed by atoms with Crippen molar-refractivity contribution in [3.8, 4) is 0 Å². The molecule has 0 saturated heterocycles. The topological polar surface area (TPSA) is 43.1 Å². The number of hydrogen-bond donors (Lipinski definition) is 0. The van der Waals surface area contributed by atoms with Gasteiger partial charge in [0, 0.05) is 11.7 Å². The Morgan fingerprint density at radius 3 is 2.50 bits per heavy atom. The van der Waals surface area contributed by atoms with Crippen LogP contribution in [-0.4, -0.2) is 26.3 Å². The lowest BCUT2D eigenvalue weighted by Crippen LogP contribution is -2.15. The highest BCUT2D eigenvalue weighted by Gasteiger charge is 2.21. The first kappa shape index (κ1) is 15.3. The lowest BCUT2D eigenvalue weighted by Gasteiger charge is -2.15. The van der Waals surface area contributed by atoms with Gasteiger partial charge >= 0.3 is 0 Å². The third-order valence-corrected chi connectivity index (χ3v) is 5.07. The molecule has 0 aliphatic carbocycles. The smallest absolute Gasteiger partial charge is 0.191 e. The van der Waals surface area contributed by atoms with Crippen LogP contribution in [0, 0.1) is 0 Å². The maximum Gasteiger partial charge on any atom is 0.212 e. The maximum atomic E-state index is 4.78. The first-order valence-corrected chi connectivity index (χ1v) is 8.85. The van der Waals surface area contributed by atoms with E-state index in [-0.39, 0.29) is 0 Å². The number of rotatable bonds is 4.